The third kappa shape index (κ3) is 2.64. The number of benzene rings is 1. The zero-order chi connectivity index (χ0) is 14.3. The maximum atomic E-state index is 12.8. The molecule has 5 heteroatoms. The fraction of sp³-hybridized carbons (Fsp3) is 0.600. The number of halogens is 3. The number of nitrogens with one attached hydrogen (secondary N) is 1. The standard InChI is InChI=1S/C15H19F3N2/c1-10-2-3-12(15(16,17)18)8-13(10)19-14-9-20-6-4-11(14)5-7-20/h2-3,8,11,14,19H,4-7,9H2,1H3. The summed E-state index contributed by atoms with van der Waals surface area (Å²) in [5.74, 6) is 0.592. The maximum absolute atomic E-state index is 12.8. The molecular formula is C15H19F3N2. The van der Waals surface area contributed by atoms with Gasteiger partial charge >= 0.3 is 6.18 Å². The first-order valence-electron chi connectivity index (χ1n) is 7.10. The van der Waals surface area contributed by atoms with Crippen LogP contribution in [0.1, 0.15) is 24.0 Å². The Morgan fingerprint density at radius 2 is 1.90 bits per heavy atom. The van der Waals surface area contributed by atoms with Crippen molar-refractivity contribution in [2.45, 2.75) is 32.0 Å². The van der Waals surface area contributed by atoms with E-state index in [2.05, 4.69) is 10.2 Å². The summed E-state index contributed by atoms with van der Waals surface area (Å²) in [6.45, 7) is 5.05. The Bertz CT molecular complexity index is 490. The van der Waals surface area contributed by atoms with Crippen LogP contribution in [-0.2, 0) is 6.18 Å². The molecule has 0 spiro atoms. The molecule has 1 aromatic carbocycles. The maximum Gasteiger partial charge on any atom is 0.416 e. The van der Waals surface area contributed by atoms with Crippen molar-refractivity contribution < 1.29 is 13.2 Å². The van der Waals surface area contributed by atoms with Crippen LogP contribution >= 0.6 is 0 Å². The molecule has 0 amide bonds. The summed E-state index contributed by atoms with van der Waals surface area (Å²) < 4.78 is 38.4. The molecule has 0 aliphatic carbocycles. The Morgan fingerprint density at radius 1 is 1.20 bits per heavy atom. The summed E-state index contributed by atoms with van der Waals surface area (Å²) in [5.41, 5.74) is 0.917. The van der Waals surface area contributed by atoms with E-state index in [1.165, 1.54) is 6.07 Å². The number of aryl methyl sites for hydroxylation is 1. The van der Waals surface area contributed by atoms with E-state index in [-0.39, 0.29) is 6.04 Å². The molecule has 0 aromatic heterocycles. The highest BCUT2D eigenvalue weighted by Crippen LogP contribution is 2.34. The molecule has 4 rings (SSSR count). The highest BCUT2D eigenvalue weighted by molar-refractivity contribution is 5.54. The Labute approximate surface area is 117 Å². The topological polar surface area (TPSA) is 15.3 Å². The molecule has 0 saturated carbocycles. The van der Waals surface area contributed by atoms with Gasteiger partial charge in [0.05, 0.1) is 5.56 Å². The summed E-state index contributed by atoms with van der Waals surface area (Å²) >= 11 is 0. The van der Waals surface area contributed by atoms with E-state index >= 15 is 0 Å². The highest BCUT2D eigenvalue weighted by Gasteiger charge is 2.35. The minimum absolute atomic E-state index is 0.277. The first-order chi connectivity index (χ1) is 9.43. The van der Waals surface area contributed by atoms with Crippen LogP contribution in [0.4, 0.5) is 18.9 Å². The molecule has 1 N–H and O–H groups in total. The van der Waals surface area contributed by atoms with Crippen LogP contribution < -0.4 is 5.32 Å². The predicted octanol–water partition coefficient (Wildman–Crippen LogP) is 3.52. The van der Waals surface area contributed by atoms with Crippen LogP contribution in [0, 0.1) is 12.8 Å². The summed E-state index contributed by atoms with van der Waals surface area (Å²) in [4.78, 5) is 2.39. The molecule has 1 aromatic rings. The van der Waals surface area contributed by atoms with Crippen molar-refractivity contribution in [3.05, 3.63) is 29.3 Å². The molecular weight excluding hydrogens is 265 g/mol. The number of nitrogens with zero attached hydrogens (tertiary/aromatic N) is 1. The van der Waals surface area contributed by atoms with E-state index in [4.69, 9.17) is 0 Å². The summed E-state index contributed by atoms with van der Waals surface area (Å²) in [7, 11) is 0. The molecule has 110 valence electrons. The van der Waals surface area contributed by atoms with Gasteiger partial charge in [0.25, 0.3) is 0 Å². The van der Waals surface area contributed by atoms with Crippen molar-refractivity contribution in [1.29, 1.82) is 0 Å². The van der Waals surface area contributed by atoms with Gasteiger partial charge in [0, 0.05) is 18.3 Å². The van der Waals surface area contributed by atoms with Crippen molar-refractivity contribution in [3.63, 3.8) is 0 Å². The summed E-state index contributed by atoms with van der Waals surface area (Å²) in [5, 5.41) is 3.35. The Kier molecular flexibility index (Phi) is 3.40. The number of hydrogen-bond donors (Lipinski definition) is 1. The molecule has 3 aliphatic rings. The summed E-state index contributed by atoms with van der Waals surface area (Å²) in [6.07, 6.45) is -1.98. The zero-order valence-corrected chi connectivity index (χ0v) is 11.5. The molecule has 2 bridgehead atoms. The van der Waals surface area contributed by atoms with Crippen molar-refractivity contribution in [2.75, 3.05) is 25.0 Å². The minimum Gasteiger partial charge on any atom is -0.381 e. The second-order valence-corrected chi connectivity index (χ2v) is 5.92. The van der Waals surface area contributed by atoms with Crippen molar-refractivity contribution in [3.8, 4) is 0 Å². The third-order valence-corrected chi connectivity index (χ3v) is 4.56. The molecule has 1 unspecified atom stereocenters. The highest BCUT2D eigenvalue weighted by atomic mass is 19.4. The molecule has 3 aliphatic heterocycles. The molecule has 2 nitrogen and oxygen atoms in total. The monoisotopic (exact) mass is 284 g/mol. The largest absolute Gasteiger partial charge is 0.416 e. The molecule has 3 saturated heterocycles. The molecule has 3 fully saturated rings. The van der Waals surface area contributed by atoms with E-state index < -0.39 is 11.7 Å². The Morgan fingerprint density at radius 3 is 2.45 bits per heavy atom. The molecule has 0 radical (unpaired) electrons. The van der Waals surface area contributed by atoms with E-state index in [0.29, 0.717) is 11.6 Å². The average Bonchev–Trinajstić information content (AvgIpc) is 2.41. The summed E-state index contributed by atoms with van der Waals surface area (Å²) in [6, 6.07) is 4.22. The fourth-order valence-electron chi connectivity index (χ4n) is 3.28. The van der Waals surface area contributed by atoms with Gasteiger partial charge in [-0.3, -0.25) is 0 Å². The van der Waals surface area contributed by atoms with Crippen LogP contribution in [0.25, 0.3) is 0 Å². The van der Waals surface area contributed by atoms with E-state index in [1.807, 2.05) is 6.92 Å². The van der Waals surface area contributed by atoms with Crippen LogP contribution in [0.5, 0.6) is 0 Å². The van der Waals surface area contributed by atoms with Gasteiger partial charge in [0.2, 0.25) is 0 Å². The number of fused-ring (bicyclic) bond motifs is 3. The van der Waals surface area contributed by atoms with Gasteiger partial charge in [-0.2, -0.15) is 13.2 Å². The molecule has 1 atom stereocenters. The van der Waals surface area contributed by atoms with Gasteiger partial charge in [-0.15, -0.1) is 0 Å². The fourth-order valence-corrected chi connectivity index (χ4v) is 3.28. The molecule has 20 heavy (non-hydrogen) atoms. The van der Waals surface area contributed by atoms with Gasteiger partial charge in [-0.05, 0) is 56.5 Å². The van der Waals surface area contributed by atoms with Crippen molar-refractivity contribution in [1.82, 2.24) is 4.90 Å². The van der Waals surface area contributed by atoms with E-state index in [9.17, 15) is 13.2 Å². The number of hydrogen-bond acceptors (Lipinski definition) is 2. The van der Waals surface area contributed by atoms with Crippen LogP contribution in [-0.4, -0.2) is 30.6 Å². The number of rotatable bonds is 2. The lowest BCUT2D eigenvalue weighted by atomic mass is 9.84. The van der Waals surface area contributed by atoms with Crippen LogP contribution in [0.15, 0.2) is 18.2 Å². The zero-order valence-electron chi connectivity index (χ0n) is 11.5. The Hall–Kier alpha value is -1.23. The van der Waals surface area contributed by atoms with Crippen molar-refractivity contribution in [2.24, 2.45) is 5.92 Å². The quantitative estimate of drug-likeness (QED) is 0.894. The van der Waals surface area contributed by atoms with Gasteiger partial charge in [-0.25, -0.2) is 0 Å². The normalized spacial score (nSPS) is 29.5. The second-order valence-electron chi connectivity index (χ2n) is 5.92. The lowest BCUT2D eigenvalue weighted by molar-refractivity contribution is -0.137. The van der Waals surface area contributed by atoms with Gasteiger partial charge in [-0.1, -0.05) is 6.07 Å². The van der Waals surface area contributed by atoms with Gasteiger partial charge in [0.1, 0.15) is 0 Å². The van der Waals surface area contributed by atoms with E-state index in [0.717, 1.165) is 44.1 Å². The molecule has 3 heterocycles. The average molecular weight is 284 g/mol. The smallest absolute Gasteiger partial charge is 0.381 e. The predicted molar refractivity (Wildman–Crippen MR) is 72.8 cm³/mol. The van der Waals surface area contributed by atoms with Crippen molar-refractivity contribution >= 4 is 5.69 Å². The van der Waals surface area contributed by atoms with Gasteiger partial charge < -0.3 is 10.2 Å². The second kappa shape index (κ2) is 4.95. The minimum atomic E-state index is -4.28. The lowest BCUT2D eigenvalue weighted by Gasteiger charge is -2.45. The SMILES string of the molecule is Cc1ccc(C(F)(F)F)cc1NC1CN2CCC1CC2. The Balaban J connectivity index is 1.80. The van der Waals surface area contributed by atoms with Gasteiger partial charge in [0.15, 0.2) is 0 Å². The number of alkyl halides is 3. The lowest BCUT2D eigenvalue weighted by Crippen LogP contribution is -2.53. The number of piperidine rings is 3. The first-order valence-corrected chi connectivity index (χ1v) is 7.10. The van der Waals surface area contributed by atoms with E-state index in [1.54, 1.807) is 6.07 Å². The third-order valence-electron chi connectivity index (χ3n) is 4.56. The first kappa shape index (κ1) is 13.7. The number of anilines is 1. The van der Waals surface area contributed by atoms with Crippen LogP contribution in [0.2, 0.25) is 0 Å². The van der Waals surface area contributed by atoms with Crippen LogP contribution in [0.3, 0.4) is 0 Å².